The molecule has 0 aliphatic heterocycles. The molecular formula is C25H30N2O3. The highest BCUT2D eigenvalue weighted by atomic mass is 16.5. The molecule has 0 saturated carbocycles. The Morgan fingerprint density at radius 1 is 1.07 bits per heavy atom. The summed E-state index contributed by atoms with van der Waals surface area (Å²) in [5.74, 6) is -0.271. The lowest BCUT2D eigenvalue weighted by atomic mass is 9.85. The summed E-state index contributed by atoms with van der Waals surface area (Å²) >= 11 is 0. The van der Waals surface area contributed by atoms with E-state index < -0.39 is 5.41 Å². The first-order valence-corrected chi connectivity index (χ1v) is 10.2. The molecule has 30 heavy (non-hydrogen) atoms. The molecule has 0 spiro atoms. The SMILES string of the molecule is CCCN(Cc1ccc(-c2ccccc2C#N)cc1)C(=O)CC(C)(C)CC(=O)OC. The van der Waals surface area contributed by atoms with Crippen molar-refractivity contribution in [1.29, 1.82) is 5.26 Å². The van der Waals surface area contributed by atoms with Crippen molar-refractivity contribution in [3.05, 3.63) is 59.7 Å². The van der Waals surface area contributed by atoms with Crippen molar-refractivity contribution in [2.75, 3.05) is 13.7 Å². The summed E-state index contributed by atoms with van der Waals surface area (Å²) in [5.41, 5.74) is 3.09. The molecule has 0 unspecified atom stereocenters. The van der Waals surface area contributed by atoms with Gasteiger partial charge in [0, 0.05) is 19.5 Å². The standard InChI is InChI=1S/C25H30N2O3/c1-5-14-27(23(28)15-25(2,3)16-24(29)30-4)18-19-10-12-20(13-11-19)22-9-7-6-8-21(22)17-26/h6-13H,5,14-16,18H2,1-4H3. The molecule has 0 fully saturated rings. The number of carbonyl (C=O) groups is 2. The van der Waals surface area contributed by atoms with Crippen LogP contribution in [-0.4, -0.2) is 30.4 Å². The molecule has 2 rings (SSSR count). The third-order valence-electron chi connectivity index (χ3n) is 5.01. The van der Waals surface area contributed by atoms with Gasteiger partial charge in [-0.3, -0.25) is 9.59 Å². The van der Waals surface area contributed by atoms with E-state index in [2.05, 4.69) is 6.07 Å². The van der Waals surface area contributed by atoms with Crippen molar-refractivity contribution >= 4 is 11.9 Å². The topological polar surface area (TPSA) is 70.4 Å². The monoisotopic (exact) mass is 406 g/mol. The number of nitrogens with zero attached hydrogens (tertiary/aromatic N) is 2. The molecule has 0 radical (unpaired) electrons. The van der Waals surface area contributed by atoms with Crippen molar-refractivity contribution in [1.82, 2.24) is 4.90 Å². The summed E-state index contributed by atoms with van der Waals surface area (Å²) in [6.07, 6.45) is 1.36. The van der Waals surface area contributed by atoms with E-state index in [1.807, 2.05) is 68.1 Å². The minimum absolute atomic E-state index is 0.0321. The van der Waals surface area contributed by atoms with E-state index in [9.17, 15) is 14.9 Å². The quantitative estimate of drug-likeness (QED) is 0.553. The zero-order valence-electron chi connectivity index (χ0n) is 18.3. The molecule has 0 aromatic heterocycles. The largest absolute Gasteiger partial charge is 0.469 e. The van der Waals surface area contributed by atoms with Gasteiger partial charge in [-0.05, 0) is 34.6 Å². The van der Waals surface area contributed by atoms with Gasteiger partial charge in [0.25, 0.3) is 0 Å². The van der Waals surface area contributed by atoms with Crippen LogP contribution in [0.5, 0.6) is 0 Å². The Morgan fingerprint density at radius 2 is 1.73 bits per heavy atom. The molecule has 2 aromatic carbocycles. The number of rotatable bonds is 9. The number of nitriles is 1. The second-order valence-electron chi connectivity index (χ2n) is 8.26. The van der Waals surface area contributed by atoms with Crippen LogP contribution in [0.25, 0.3) is 11.1 Å². The minimum atomic E-state index is -0.457. The van der Waals surface area contributed by atoms with Crippen LogP contribution in [0.4, 0.5) is 0 Å². The number of methoxy groups -OCH3 is 1. The summed E-state index contributed by atoms with van der Waals surface area (Å²) in [4.78, 5) is 26.4. The van der Waals surface area contributed by atoms with Gasteiger partial charge in [-0.25, -0.2) is 0 Å². The number of hydrogen-bond donors (Lipinski definition) is 0. The van der Waals surface area contributed by atoms with Crippen LogP contribution in [0.2, 0.25) is 0 Å². The highest BCUT2D eigenvalue weighted by molar-refractivity contribution is 5.78. The number of hydrogen-bond acceptors (Lipinski definition) is 4. The van der Waals surface area contributed by atoms with Crippen LogP contribution in [-0.2, 0) is 20.9 Å². The summed E-state index contributed by atoms with van der Waals surface area (Å²) in [5, 5.41) is 9.31. The predicted molar refractivity (Wildman–Crippen MR) is 117 cm³/mol. The molecule has 2 aromatic rings. The van der Waals surface area contributed by atoms with E-state index in [0.717, 1.165) is 23.1 Å². The Balaban J connectivity index is 2.12. The van der Waals surface area contributed by atoms with Gasteiger partial charge in [0.15, 0.2) is 0 Å². The zero-order chi connectivity index (χ0) is 22.1. The number of amides is 1. The van der Waals surface area contributed by atoms with Crippen LogP contribution in [0, 0.1) is 16.7 Å². The lowest BCUT2D eigenvalue weighted by Gasteiger charge is -2.28. The van der Waals surface area contributed by atoms with Gasteiger partial charge in [0.05, 0.1) is 25.2 Å². The first kappa shape index (κ1) is 23.2. The van der Waals surface area contributed by atoms with Gasteiger partial charge in [0.2, 0.25) is 5.91 Å². The fourth-order valence-electron chi connectivity index (χ4n) is 3.45. The maximum atomic E-state index is 12.9. The van der Waals surface area contributed by atoms with Gasteiger partial charge in [-0.2, -0.15) is 5.26 Å². The molecule has 0 N–H and O–H groups in total. The maximum absolute atomic E-state index is 12.9. The molecule has 0 atom stereocenters. The van der Waals surface area contributed by atoms with E-state index in [-0.39, 0.29) is 24.7 Å². The van der Waals surface area contributed by atoms with Crippen LogP contribution in [0.3, 0.4) is 0 Å². The maximum Gasteiger partial charge on any atom is 0.306 e. The first-order chi connectivity index (χ1) is 14.3. The Hall–Kier alpha value is -3.13. The fraction of sp³-hybridized carbons (Fsp3) is 0.400. The number of carbonyl (C=O) groups excluding carboxylic acids is 2. The Kier molecular flexibility index (Phi) is 8.17. The van der Waals surface area contributed by atoms with E-state index in [1.54, 1.807) is 6.07 Å². The Bertz CT molecular complexity index is 911. The average Bonchev–Trinajstić information content (AvgIpc) is 2.73. The van der Waals surface area contributed by atoms with Crippen molar-refractivity contribution in [2.45, 2.75) is 46.6 Å². The van der Waals surface area contributed by atoms with E-state index in [1.165, 1.54) is 7.11 Å². The lowest BCUT2D eigenvalue weighted by molar-refractivity contribution is -0.144. The van der Waals surface area contributed by atoms with Crippen LogP contribution >= 0.6 is 0 Å². The second kappa shape index (κ2) is 10.6. The molecule has 0 aliphatic carbocycles. The van der Waals surface area contributed by atoms with Gasteiger partial charge in [-0.15, -0.1) is 0 Å². The molecule has 1 amide bonds. The number of esters is 1. The Labute approximate surface area is 179 Å². The average molecular weight is 407 g/mol. The van der Waals surface area contributed by atoms with Gasteiger partial charge in [0.1, 0.15) is 0 Å². The second-order valence-corrected chi connectivity index (χ2v) is 8.26. The van der Waals surface area contributed by atoms with Crippen LogP contribution in [0.1, 0.15) is 51.2 Å². The van der Waals surface area contributed by atoms with Gasteiger partial charge in [-0.1, -0.05) is 63.2 Å². The van der Waals surface area contributed by atoms with Gasteiger partial charge >= 0.3 is 5.97 Å². The smallest absolute Gasteiger partial charge is 0.306 e. The van der Waals surface area contributed by atoms with E-state index >= 15 is 0 Å². The summed E-state index contributed by atoms with van der Waals surface area (Å²) in [7, 11) is 1.36. The molecular weight excluding hydrogens is 376 g/mol. The molecule has 0 aliphatic rings. The normalized spacial score (nSPS) is 10.9. The van der Waals surface area contributed by atoms with Crippen molar-refractivity contribution in [3.63, 3.8) is 0 Å². The summed E-state index contributed by atoms with van der Waals surface area (Å²) in [6.45, 7) is 7.04. The molecule has 0 bridgehead atoms. The molecule has 5 heteroatoms. The van der Waals surface area contributed by atoms with Crippen LogP contribution < -0.4 is 0 Å². The van der Waals surface area contributed by atoms with Crippen LogP contribution in [0.15, 0.2) is 48.5 Å². The third kappa shape index (κ3) is 6.45. The van der Waals surface area contributed by atoms with Crippen molar-refractivity contribution < 1.29 is 14.3 Å². The lowest BCUT2D eigenvalue weighted by Crippen LogP contribution is -2.35. The van der Waals surface area contributed by atoms with Crippen molar-refractivity contribution in [2.24, 2.45) is 5.41 Å². The molecule has 0 heterocycles. The zero-order valence-corrected chi connectivity index (χ0v) is 18.3. The number of benzene rings is 2. The Morgan fingerprint density at radius 3 is 2.33 bits per heavy atom. The molecule has 158 valence electrons. The van der Waals surface area contributed by atoms with E-state index in [0.29, 0.717) is 18.7 Å². The minimum Gasteiger partial charge on any atom is -0.469 e. The molecule has 0 saturated heterocycles. The van der Waals surface area contributed by atoms with Crippen molar-refractivity contribution in [3.8, 4) is 17.2 Å². The van der Waals surface area contributed by atoms with Gasteiger partial charge < -0.3 is 9.64 Å². The first-order valence-electron chi connectivity index (χ1n) is 10.2. The highest BCUT2D eigenvalue weighted by Gasteiger charge is 2.28. The number of ether oxygens (including phenoxy) is 1. The summed E-state index contributed by atoms with van der Waals surface area (Å²) < 4.78 is 4.75. The summed E-state index contributed by atoms with van der Waals surface area (Å²) in [6, 6.07) is 17.7. The predicted octanol–water partition coefficient (Wildman–Crippen LogP) is 4.94. The van der Waals surface area contributed by atoms with E-state index in [4.69, 9.17) is 4.74 Å². The third-order valence-corrected chi connectivity index (χ3v) is 5.01. The molecule has 5 nitrogen and oxygen atoms in total. The fourth-order valence-corrected chi connectivity index (χ4v) is 3.45. The highest BCUT2D eigenvalue weighted by Crippen LogP contribution is 2.28.